The van der Waals surface area contributed by atoms with Crippen molar-refractivity contribution in [2.75, 3.05) is 6.16 Å². The van der Waals surface area contributed by atoms with Gasteiger partial charge in [-0.1, -0.05) is 0 Å². The number of alkyl halides is 6. The second kappa shape index (κ2) is 5.29. The molecule has 0 aromatic heterocycles. The summed E-state index contributed by atoms with van der Waals surface area (Å²) in [4.78, 5) is 27.7. The maximum atomic E-state index is 12.2. The van der Waals surface area contributed by atoms with E-state index < -0.39 is 50.3 Å². The molecular weight excluding hydrogens is 309 g/mol. The van der Waals surface area contributed by atoms with E-state index in [9.17, 15) is 35.7 Å². The second-order valence-corrected chi connectivity index (χ2v) is 5.64. The van der Waals surface area contributed by atoms with E-state index >= 15 is 0 Å². The Hall–Kier alpha value is -0.800. The van der Waals surface area contributed by atoms with Gasteiger partial charge in [0, 0.05) is 0 Å². The van der Waals surface area contributed by atoms with E-state index in [1.54, 1.807) is 0 Å². The van der Waals surface area contributed by atoms with Crippen molar-refractivity contribution >= 4 is 13.6 Å². The molecule has 3 N–H and O–H groups in total. The standard InChI is InChI=1S/C7H9F6O5P/c8-6(9,10)1-5(4(14)15,2-7(11,12)13)3-19(16,17)18/h1-3H2,(H,14,15)(H2,16,17,18). The van der Waals surface area contributed by atoms with Gasteiger partial charge in [0.05, 0.1) is 24.4 Å². The van der Waals surface area contributed by atoms with E-state index in [1.165, 1.54) is 0 Å². The smallest absolute Gasteiger partial charge is 0.390 e. The van der Waals surface area contributed by atoms with Crippen molar-refractivity contribution in [2.24, 2.45) is 5.41 Å². The predicted octanol–water partition coefficient (Wildman–Crippen LogP) is 2.14. The number of carbonyl (C=O) groups is 1. The molecule has 0 aliphatic heterocycles. The number of carboxylic acid groups (broad SMARTS) is 1. The summed E-state index contributed by atoms with van der Waals surface area (Å²) in [5, 5.41) is 8.57. The summed E-state index contributed by atoms with van der Waals surface area (Å²) in [5.41, 5.74) is -3.64. The minimum absolute atomic E-state index is 2.05. The van der Waals surface area contributed by atoms with Crippen molar-refractivity contribution in [3.05, 3.63) is 0 Å². The number of aliphatic carboxylic acids is 1. The number of hydrogen-bond donors (Lipinski definition) is 3. The SMILES string of the molecule is O=C(O)C(CC(F)(F)F)(CC(F)(F)F)CP(=O)(O)O. The maximum absolute atomic E-state index is 12.2. The predicted molar refractivity (Wildman–Crippen MR) is 48.3 cm³/mol. The van der Waals surface area contributed by atoms with Crippen molar-refractivity contribution < 1.29 is 50.6 Å². The van der Waals surface area contributed by atoms with Crippen LogP contribution in [0, 0.1) is 5.41 Å². The Bertz CT molecular complexity index is 366. The van der Waals surface area contributed by atoms with E-state index in [0.717, 1.165) is 0 Å². The second-order valence-electron chi connectivity index (χ2n) is 3.99. The molecule has 0 heterocycles. The van der Waals surface area contributed by atoms with Crippen LogP contribution in [0.25, 0.3) is 0 Å². The number of halogens is 6. The Morgan fingerprint density at radius 1 is 0.947 bits per heavy atom. The Morgan fingerprint density at radius 2 is 1.26 bits per heavy atom. The molecule has 0 spiro atoms. The normalized spacial score (nSPS) is 14.5. The summed E-state index contributed by atoms with van der Waals surface area (Å²) in [6.45, 7) is 0. The molecule has 0 rings (SSSR count). The lowest BCUT2D eigenvalue weighted by molar-refractivity contribution is -0.203. The maximum Gasteiger partial charge on any atom is 0.390 e. The van der Waals surface area contributed by atoms with Gasteiger partial charge in [0.15, 0.2) is 0 Å². The topological polar surface area (TPSA) is 94.8 Å². The van der Waals surface area contributed by atoms with E-state index in [0.29, 0.717) is 0 Å². The molecule has 114 valence electrons. The molecule has 0 fully saturated rings. The third kappa shape index (κ3) is 7.38. The van der Waals surface area contributed by atoms with E-state index in [-0.39, 0.29) is 0 Å². The minimum atomic E-state index is -5.39. The molecule has 0 saturated heterocycles. The Labute approximate surface area is 102 Å². The lowest BCUT2D eigenvalue weighted by Gasteiger charge is -2.31. The largest absolute Gasteiger partial charge is 0.481 e. The average molecular weight is 318 g/mol. The van der Waals surface area contributed by atoms with Crippen molar-refractivity contribution in [3.63, 3.8) is 0 Å². The Balaban J connectivity index is 5.62. The lowest BCUT2D eigenvalue weighted by Crippen LogP contribution is -2.42. The van der Waals surface area contributed by atoms with Crippen LogP contribution in [0.4, 0.5) is 26.3 Å². The first-order chi connectivity index (χ1) is 8.06. The number of rotatable bonds is 5. The molecular formula is C7H9F6O5P. The van der Waals surface area contributed by atoms with Crippen LogP contribution >= 0.6 is 7.60 Å². The lowest BCUT2D eigenvalue weighted by atomic mass is 9.82. The van der Waals surface area contributed by atoms with E-state index in [1.807, 2.05) is 0 Å². The van der Waals surface area contributed by atoms with Crippen LogP contribution in [0.5, 0.6) is 0 Å². The van der Waals surface area contributed by atoms with Crippen LogP contribution in [-0.4, -0.2) is 39.4 Å². The molecule has 5 nitrogen and oxygen atoms in total. The molecule has 0 aliphatic carbocycles. The van der Waals surface area contributed by atoms with Crippen molar-refractivity contribution in [1.29, 1.82) is 0 Å². The van der Waals surface area contributed by atoms with Crippen LogP contribution in [-0.2, 0) is 9.36 Å². The molecule has 0 saturated carbocycles. The van der Waals surface area contributed by atoms with Gasteiger partial charge in [-0.2, -0.15) is 26.3 Å². The molecule has 0 unspecified atom stereocenters. The van der Waals surface area contributed by atoms with Crippen LogP contribution in [0.2, 0.25) is 0 Å². The first-order valence-corrected chi connectivity index (χ1v) is 6.28. The van der Waals surface area contributed by atoms with Crippen molar-refractivity contribution in [3.8, 4) is 0 Å². The Morgan fingerprint density at radius 3 is 1.42 bits per heavy atom. The molecule has 0 radical (unpaired) electrons. The van der Waals surface area contributed by atoms with Gasteiger partial charge >= 0.3 is 25.9 Å². The van der Waals surface area contributed by atoms with Gasteiger partial charge in [-0.3, -0.25) is 9.36 Å². The van der Waals surface area contributed by atoms with Gasteiger partial charge in [0.2, 0.25) is 0 Å². The molecule has 19 heavy (non-hydrogen) atoms. The highest BCUT2D eigenvalue weighted by Gasteiger charge is 2.56. The van der Waals surface area contributed by atoms with Crippen LogP contribution in [0.1, 0.15) is 12.8 Å². The number of hydrogen-bond acceptors (Lipinski definition) is 2. The third-order valence-corrected chi connectivity index (χ3v) is 3.06. The molecule has 0 aromatic rings. The van der Waals surface area contributed by atoms with E-state index in [2.05, 4.69) is 0 Å². The average Bonchev–Trinajstić information content (AvgIpc) is 1.91. The van der Waals surface area contributed by atoms with Gasteiger partial charge in [0.25, 0.3) is 0 Å². The van der Waals surface area contributed by atoms with Crippen LogP contribution in [0.15, 0.2) is 0 Å². The first-order valence-electron chi connectivity index (χ1n) is 4.48. The molecule has 0 bridgehead atoms. The highest BCUT2D eigenvalue weighted by molar-refractivity contribution is 7.51. The van der Waals surface area contributed by atoms with Gasteiger partial charge in [-0.15, -0.1) is 0 Å². The fraction of sp³-hybridized carbons (Fsp3) is 0.857. The minimum Gasteiger partial charge on any atom is -0.481 e. The molecule has 0 atom stereocenters. The van der Waals surface area contributed by atoms with E-state index in [4.69, 9.17) is 14.9 Å². The van der Waals surface area contributed by atoms with Crippen LogP contribution in [0.3, 0.4) is 0 Å². The first kappa shape index (κ1) is 18.2. The molecule has 12 heteroatoms. The van der Waals surface area contributed by atoms with Gasteiger partial charge in [-0.05, 0) is 0 Å². The third-order valence-electron chi connectivity index (χ3n) is 2.04. The Kier molecular flexibility index (Phi) is 5.07. The number of carboxylic acids is 1. The zero-order valence-corrected chi connectivity index (χ0v) is 9.89. The van der Waals surface area contributed by atoms with Crippen LogP contribution < -0.4 is 0 Å². The van der Waals surface area contributed by atoms with Gasteiger partial charge in [0.1, 0.15) is 0 Å². The zero-order valence-electron chi connectivity index (χ0n) is 8.99. The van der Waals surface area contributed by atoms with Gasteiger partial charge in [-0.25, -0.2) is 0 Å². The summed E-state index contributed by atoms with van der Waals surface area (Å²) in [6.07, 6.45) is -17.7. The summed E-state index contributed by atoms with van der Waals surface area (Å²) in [7, 11) is -5.39. The summed E-state index contributed by atoms with van der Waals surface area (Å²) in [6, 6.07) is 0. The van der Waals surface area contributed by atoms with Gasteiger partial charge < -0.3 is 14.9 Å². The highest BCUT2D eigenvalue weighted by atomic mass is 31.2. The molecule has 0 aliphatic rings. The van der Waals surface area contributed by atoms with Crippen molar-refractivity contribution in [2.45, 2.75) is 25.2 Å². The summed E-state index contributed by atoms with van der Waals surface area (Å²) in [5.74, 6) is -2.56. The summed E-state index contributed by atoms with van der Waals surface area (Å²) < 4.78 is 83.7. The highest BCUT2D eigenvalue weighted by Crippen LogP contribution is 2.51. The molecule has 0 amide bonds. The monoisotopic (exact) mass is 318 g/mol. The fourth-order valence-corrected chi connectivity index (χ4v) is 2.70. The fourth-order valence-electron chi connectivity index (χ4n) is 1.55. The quantitative estimate of drug-likeness (QED) is 0.533. The van der Waals surface area contributed by atoms with Crippen molar-refractivity contribution in [1.82, 2.24) is 0 Å². The zero-order chi connectivity index (χ0) is 15.7. The summed E-state index contributed by atoms with van der Waals surface area (Å²) >= 11 is 0. The molecule has 0 aromatic carbocycles.